The van der Waals surface area contributed by atoms with Crippen LogP contribution in [0.25, 0.3) is 11.0 Å². The van der Waals surface area contributed by atoms with Crippen LogP contribution in [0.5, 0.6) is 0 Å². The Hall–Kier alpha value is -2.57. The molecule has 7 heteroatoms. The molecule has 0 aliphatic heterocycles. The van der Waals surface area contributed by atoms with Crippen molar-refractivity contribution in [2.45, 2.75) is 20.0 Å². The monoisotopic (exact) mass is 316 g/mol. The third kappa shape index (κ3) is 2.74. The molecule has 0 amide bonds. The van der Waals surface area contributed by atoms with E-state index in [1.165, 1.54) is 12.1 Å². The number of aromatic nitrogens is 4. The zero-order chi connectivity index (χ0) is 16.6. The molecule has 6 nitrogen and oxygen atoms in total. The summed E-state index contributed by atoms with van der Waals surface area (Å²) in [5.41, 5.74) is 2.64. The highest BCUT2D eigenvalue weighted by Crippen LogP contribution is 2.21. The van der Waals surface area contributed by atoms with Crippen LogP contribution < -0.4 is 10.2 Å². The number of fused-ring (bicyclic) bond motifs is 1. The number of rotatable bonds is 5. The first kappa shape index (κ1) is 15.3. The summed E-state index contributed by atoms with van der Waals surface area (Å²) < 4.78 is 17.5. The van der Waals surface area contributed by atoms with Crippen molar-refractivity contribution in [1.29, 1.82) is 0 Å². The summed E-state index contributed by atoms with van der Waals surface area (Å²) in [6, 6.07) is 4.69. The Morgan fingerprint density at radius 1 is 1.30 bits per heavy atom. The molecule has 3 rings (SSSR count). The summed E-state index contributed by atoms with van der Waals surface area (Å²) in [6.07, 6.45) is 1.85. The molecule has 1 N–H and O–H groups in total. The lowest BCUT2D eigenvalue weighted by molar-refractivity contribution is 0.629. The van der Waals surface area contributed by atoms with E-state index in [0.29, 0.717) is 12.1 Å². The summed E-state index contributed by atoms with van der Waals surface area (Å²) in [7, 11) is 5.91. The number of nitrogens with zero attached hydrogens (tertiary/aromatic N) is 5. The minimum atomic E-state index is -0.271. The summed E-state index contributed by atoms with van der Waals surface area (Å²) in [5, 5.41) is 3.33. The molecule has 0 saturated carbocycles. The number of anilines is 2. The van der Waals surface area contributed by atoms with E-state index in [0.717, 1.165) is 29.7 Å². The lowest BCUT2D eigenvalue weighted by atomic mass is 10.3. The van der Waals surface area contributed by atoms with Gasteiger partial charge in [-0.3, -0.25) is 0 Å². The molecule has 0 aliphatic carbocycles. The van der Waals surface area contributed by atoms with Crippen LogP contribution in [-0.2, 0) is 20.1 Å². The minimum absolute atomic E-state index is 0.271. The number of aryl methyl sites for hydroxylation is 1. The van der Waals surface area contributed by atoms with Crippen molar-refractivity contribution in [3.63, 3.8) is 0 Å². The molecule has 122 valence electrons. The van der Waals surface area contributed by atoms with E-state index in [2.05, 4.69) is 15.3 Å². The van der Waals surface area contributed by atoms with Gasteiger partial charge in [-0.1, -0.05) is 0 Å². The predicted molar refractivity (Wildman–Crippen MR) is 90.2 cm³/mol. The molecule has 0 aliphatic rings. The van der Waals surface area contributed by atoms with Crippen molar-refractivity contribution in [2.24, 2.45) is 7.05 Å². The highest BCUT2D eigenvalue weighted by atomic mass is 19.1. The van der Waals surface area contributed by atoms with Crippen molar-refractivity contribution in [3.05, 3.63) is 35.9 Å². The molecule has 0 spiro atoms. The molecular weight excluding hydrogens is 295 g/mol. The highest BCUT2D eigenvalue weighted by Gasteiger charge is 2.12. The average molecular weight is 316 g/mol. The molecule has 0 radical (unpaired) electrons. The Kier molecular flexibility index (Phi) is 3.94. The topological polar surface area (TPSA) is 50.9 Å². The number of benzene rings is 1. The van der Waals surface area contributed by atoms with Gasteiger partial charge in [0.25, 0.3) is 0 Å². The normalized spacial score (nSPS) is 11.2. The van der Waals surface area contributed by atoms with E-state index in [9.17, 15) is 4.39 Å². The van der Waals surface area contributed by atoms with Gasteiger partial charge in [0.05, 0.1) is 29.5 Å². The van der Waals surface area contributed by atoms with Crippen LogP contribution in [0.15, 0.2) is 24.4 Å². The second kappa shape index (κ2) is 5.91. The fourth-order valence-corrected chi connectivity index (χ4v) is 2.74. The summed E-state index contributed by atoms with van der Waals surface area (Å²) >= 11 is 0. The maximum absolute atomic E-state index is 13.4. The SMILES string of the molecule is CCn1c(NCc2cnc(N(C)C)n2C)nc2cc(F)ccc21. The Bertz CT molecular complexity index is 833. The van der Waals surface area contributed by atoms with Crippen molar-refractivity contribution in [2.75, 3.05) is 24.3 Å². The van der Waals surface area contributed by atoms with Gasteiger partial charge in [0.15, 0.2) is 0 Å². The molecule has 0 unspecified atom stereocenters. The number of imidazole rings is 2. The Balaban J connectivity index is 1.87. The van der Waals surface area contributed by atoms with Crippen LogP contribution >= 0.6 is 0 Å². The van der Waals surface area contributed by atoms with Gasteiger partial charge in [-0.15, -0.1) is 0 Å². The van der Waals surface area contributed by atoms with E-state index in [-0.39, 0.29) is 5.82 Å². The van der Waals surface area contributed by atoms with E-state index >= 15 is 0 Å². The van der Waals surface area contributed by atoms with Gasteiger partial charge in [0, 0.05) is 33.8 Å². The van der Waals surface area contributed by atoms with Gasteiger partial charge in [-0.2, -0.15) is 0 Å². The number of hydrogen-bond donors (Lipinski definition) is 1. The van der Waals surface area contributed by atoms with Crippen LogP contribution in [0.2, 0.25) is 0 Å². The van der Waals surface area contributed by atoms with Crippen LogP contribution in [-0.4, -0.2) is 33.2 Å². The molecule has 0 saturated heterocycles. The Morgan fingerprint density at radius 2 is 2.09 bits per heavy atom. The highest BCUT2D eigenvalue weighted by molar-refractivity contribution is 5.78. The number of hydrogen-bond acceptors (Lipinski definition) is 4. The molecular formula is C16H21FN6. The van der Waals surface area contributed by atoms with E-state index < -0.39 is 0 Å². The van der Waals surface area contributed by atoms with Crippen molar-refractivity contribution in [3.8, 4) is 0 Å². The van der Waals surface area contributed by atoms with Gasteiger partial charge >= 0.3 is 0 Å². The van der Waals surface area contributed by atoms with Gasteiger partial charge in [0.1, 0.15) is 5.82 Å². The quantitative estimate of drug-likeness (QED) is 0.786. The van der Waals surface area contributed by atoms with Gasteiger partial charge in [-0.25, -0.2) is 14.4 Å². The predicted octanol–water partition coefficient (Wildman–Crippen LogP) is 2.61. The lowest BCUT2D eigenvalue weighted by Crippen LogP contribution is -2.15. The van der Waals surface area contributed by atoms with Crippen molar-refractivity contribution < 1.29 is 4.39 Å². The molecule has 3 aromatic rings. The average Bonchev–Trinajstić information content (AvgIpc) is 3.04. The number of halogens is 1. The van der Waals surface area contributed by atoms with Crippen molar-refractivity contribution >= 4 is 22.9 Å². The summed E-state index contributed by atoms with van der Waals surface area (Å²) in [6.45, 7) is 3.41. The first-order valence-corrected chi connectivity index (χ1v) is 7.58. The minimum Gasteiger partial charge on any atom is -0.350 e. The molecule has 0 fully saturated rings. The molecule has 2 heterocycles. The van der Waals surface area contributed by atoms with E-state index in [1.807, 2.05) is 48.3 Å². The van der Waals surface area contributed by atoms with Crippen LogP contribution in [0.3, 0.4) is 0 Å². The fraction of sp³-hybridized carbons (Fsp3) is 0.375. The van der Waals surface area contributed by atoms with Gasteiger partial charge in [-0.05, 0) is 19.1 Å². The smallest absolute Gasteiger partial charge is 0.204 e. The van der Waals surface area contributed by atoms with Crippen LogP contribution in [0, 0.1) is 5.82 Å². The molecule has 23 heavy (non-hydrogen) atoms. The van der Waals surface area contributed by atoms with Gasteiger partial charge < -0.3 is 19.4 Å². The molecule has 2 aromatic heterocycles. The van der Waals surface area contributed by atoms with E-state index in [1.54, 1.807) is 6.07 Å². The van der Waals surface area contributed by atoms with Crippen molar-refractivity contribution in [1.82, 2.24) is 19.1 Å². The number of nitrogens with one attached hydrogen (secondary N) is 1. The molecule has 1 aromatic carbocycles. The summed E-state index contributed by atoms with van der Waals surface area (Å²) in [4.78, 5) is 10.9. The second-order valence-electron chi connectivity index (χ2n) is 5.67. The third-order valence-electron chi connectivity index (χ3n) is 3.91. The third-order valence-corrected chi connectivity index (χ3v) is 3.91. The first-order valence-electron chi connectivity index (χ1n) is 7.58. The maximum atomic E-state index is 13.4. The van der Waals surface area contributed by atoms with Gasteiger partial charge in [0.2, 0.25) is 11.9 Å². The van der Waals surface area contributed by atoms with Crippen LogP contribution in [0.4, 0.5) is 16.3 Å². The maximum Gasteiger partial charge on any atom is 0.204 e. The first-order chi connectivity index (χ1) is 11.0. The van der Waals surface area contributed by atoms with E-state index in [4.69, 9.17) is 0 Å². The standard InChI is InChI=1S/C16H21FN6/c1-5-23-14-7-6-11(17)8-13(14)20-15(23)18-9-12-10-19-16(21(2)3)22(12)4/h6-8,10H,5,9H2,1-4H3,(H,18,20). The summed E-state index contributed by atoms with van der Waals surface area (Å²) in [5.74, 6) is 1.36. The Labute approximate surface area is 134 Å². The van der Waals surface area contributed by atoms with Crippen LogP contribution in [0.1, 0.15) is 12.6 Å². The lowest BCUT2D eigenvalue weighted by Gasteiger charge is -2.13. The second-order valence-corrected chi connectivity index (χ2v) is 5.67. The molecule has 0 bridgehead atoms. The molecule has 0 atom stereocenters. The zero-order valence-corrected chi connectivity index (χ0v) is 13.8. The largest absolute Gasteiger partial charge is 0.350 e. The Morgan fingerprint density at radius 3 is 2.74 bits per heavy atom. The fourth-order valence-electron chi connectivity index (χ4n) is 2.74. The zero-order valence-electron chi connectivity index (χ0n) is 13.8.